The molecule has 2 aliphatic heterocycles. The molecule has 1 saturated heterocycles. The number of thiazole rings is 1. The van der Waals surface area contributed by atoms with Gasteiger partial charge in [-0.25, -0.2) is 4.98 Å². The second kappa shape index (κ2) is 8.20. The van der Waals surface area contributed by atoms with E-state index in [2.05, 4.69) is 4.98 Å². The number of aliphatic hydroxyl groups is 1. The molecule has 180 valence electrons. The predicted molar refractivity (Wildman–Crippen MR) is 137 cm³/mol. The number of Topliss-reactive ketones (excluding diaryl/α,β-unsaturated/α-hetero) is 1. The SMILES string of the molecule is Cc1ccc2nc(N3C(=O)C(=O)/C(=C(/O)c4ccc5c(c4)C[C@H](C)O5)[C@H]3c3ccc(O)cc3)sc2c1. The lowest BCUT2D eigenvalue weighted by molar-refractivity contribution is -0.132. The molecule has 4 aromatic rings. The summed E-state index contributed by atoms with van der Waals surface area (Å²) >= 11 is 1.31. The highest BCUT2D eigenvalue weighted by molar-refractivity contribution is 7.22. The minimum atomic E-state index is -0.907. The standard InChI is InChI=1S/C28H22N2O5S/c1-14-3-9-20-22(11-14)36-28(29-20)30-24(16-4-7-19(31)8-5-16)23(26(33)27(30)34)25(32)17-6-10-21-18(13-17)12-15(2)35-21/h3-11,13,15,24,31-32H,12H2,1-2H3/b25-23+/t15-,24+/m0/s1. The number of amides is 1. The zero-order valence-electron chi connectivity index (χ0n) is 19.6. The number of phenols is 1. The monoisotopic (exact) mass is 498 g/mol. The van der Waals surface area contributed by atoms with E-state index >= 15 is 0 Å². The highest BCUT2D eigenvalue weighted by Crippen LogP contribution is 2.45. The molecular weight excluding hydrogens is 476 g/mol. The number of ketones is 1. The summed E-state index contributed by atoms with van der Waals surface area (Å²) in [5.74, 6) is -0.999. The van der Waals surface area contributed by atoms with Crippen molar-refractivity contribution in [1.82, 2.24) is 4.98 Å². The number of ether oxygens (including phenoxy) is 1. The number of aliphatic hydroxyl groups excluding tert-OH is 1. The molecule has 2 atom stereocenters. The number of hydrogen-bond acceptors (Lipinski definition) is 7. The molecule has 0 radical (unpaired) electrons. The molecule has 0 bridgehead atoms. The Balaban J connectivity index is 1.53. The fourth-order valence-electron chi connectivity index (χ4n) is 4.85. The molecule has 0 spiro atoms. The second-order valence-corrected chi connectivity index (χ2v) is 10.2. The first-order valence-electron chi connectivity index (χ1n) is 11.6. The Labute approximate surface area is 210 Å². The number of carbonyl (C=O) groups is 2. The average molecular weight is 499 g/mol. The summed E-state index contributed by atoms with van der Waals surface area (Å²) < 4.78 is 6.65. The quantitative estimate of drug-likeness (QED) is 0.227. The van der Waals surface area contributed by atoms with Crippen LogP contribution in [0.1, 0.15) is 35.2 Å². The van der Waals surface area contributed by atoms with Crippen LogP contribution in [0.15, 0.2) is 66.2 Å². The third-order valence-corrected chi connectivity index (χ3v) is 7.58. The molecule has 0 unspecified atom stereocenters. The molecule has 2 N–H and O–H groups in total. The topological polar surface area (TPSA) is 100.0 Å². The predicted octanol–water partition coefficient (Wildman–Crippen LogP) is 5.26. The first-order chi connectivity index (χ1) is 17.3. The van der Waals surface area contributed by atoms with Gasteiger partial charge in [-0.3, -0.25) is 14.5 Å². The van der Waals surface area contributed by atoms with Gasteiger partial charge in [0.1, 0.15) is 23.4 Å². The summed E-state index contributed by atoms with van der Waals surface area (Å²) in [7, 11) is 0. The number of rotatable bonds is 3. The maximum Gasteiger partial charge on any atom is 0.301 e. The Morgan fingerprint density at radius 1 is 1.08 bits per heavy atom. The van der Waals surface area contributed by atoms with Gasteiger partial charge in [0.05, 0.1) is 21.8 Å². The van der Waals surface area contributed by atoms with E-state index in [0.717, 1.165) is 27.1 Å². The zero-order valence-corrected chi connectivity index (χ0v) is 20.4. The van der Waals surface area contributed by atoms with E-state index in [9.17, 15) is 19.8 Å². The number of hydrogen-bond donors (Lipinski definition) is 2. The number of nitrogens with zero attached hydrogens (tertiary/aromatic N) is 2. The van der Waals surface area contributed by atoms with Crippen LogP contribution in [0.5, 0.6) is 11.5 Å². The normalized spacial score (nSPS) is 20.7. The van der Waals surface area contributed by atoms with Gasteiger partial charge in [0.15, 0.2) is 5.13 Å². The van der Waals surface area contributed by atoms with Gasteiger partial charge >= 0.3 is 5.91 Å². The van der Waals surface area contributed by atoms with Crippen molar-refractivity contribution in [2.45, 2.75) is 32.4 Å². The maximum atomic E-state index is 13.4. The average Bonchev–Trinajstić information content (AvgIpc) is 3.51. The van der Waals surface area contributed by atoms with Gasteiger partial charge in [0.25, 0.3) is 5.78 Å². The summed E-state index contributed by atoms with van der Waals surface area (Å²) in [4.78, 5) is 32.8. The minimum Gasteiger partial charge on any atom is -0.508 e. The number of aromatic nitrogens is 1. The largest absolute Gasteiger partial charge is 0.508 e. The molecule has 2 aliphatic rings. The Morgan fingerprint density at radius 2 is 1.86 bits per heavy atom. The minimum absolute atomic E-state index is 0.0203. The summed E-state index contributed by atoms with van der Waals surface area (Å²) in [5.41, 5.74) is 3.70. The lowest BCUT2D eigenvalue weighted by atomic mass is 9.94. The van der Waals surface area contributed by atoms with E-state index in [4.69, 9.17) is 4.74 Å². The number of benzene rings is 3. The van der Waals surface area contributed by atoms with Crippen LogP contribution in [-0.2, 0) is 16.0 Å². The molecule has 7 nitrogen and oxygen atoms in total. The Morgan fingerprint density at radius 3 is 2.64 bits per heavy atom. The summed E-state index contributed by atoms with van der Waals surface area (Å²) in [6.07, 6.45) is 0.722. The Kier molecular flexibility index (Phi) is 5.08. The molecular formula is C28H22N2O5S. The Bertz CT molecular complexity index is 1590. The van der Waals surface area contributed by atoms with E-state index in [1.165, 1.54) is 28.4 Å². The van der Waals surface area contributed by atoms with Crippen LogP contribution >= 0.6 is 11.3 Å². The molecule has 36 heavy (non-hydrogen) atoms. The third kappa shape index (κ3) is 3.53. The van der Waals surface area contributed by atoms with E-state index in [-0.39, 0.29) is 23.2 Å². The first-order valence-corrected chi connectivity index (χ1v) is 12.4. The van der Waals surface area contributed by atoms with Gasteiger partial charge in [-0.05, 0) is 73.0 Å². The van der Waals surface area contributed by atoms with Crippen LogP contribution in [0.4, 0.5) is 5.13 Å². The van der Waals surface area contributed by atoms with Crippen molar-refractivity contribution < 1.29 is 24.5 Å². The number of aryl methyl sites for hydroxylation is 1. The van der Waals surface area contributed by atoms with Crippen molar-refractivity contribution in [3.63, 3.8) is 0 Å². The van der Waals surface area contributed by atoms with Crippen LogP contribution < -0.4 is 9.64 Å². The molecule has 1 amide bonds. The summed E-state index contributed by atoms with van der Waals surface area (Å²) in [6, 6.07) is 16.4. The highest BCUT2D eigenvalue weighted by Gasteiger charge is 2.48. The fourth-order valence-corrected chi connectivity index (χ4v) is 5.94. The number of aromatic hydroxyl groups is 1. The van der Waals surface area contributed by atoms with Crippen LogP contribution in [0.25, 0.3) is 16.0 Å². The van der Waals surface area contributed by atoms with Crippen molar-refractivity contribution in [3.05, 3.63) is 88.5 Å². The molecule has 6 rings (SSSR count). The molecule has 1 fully saturated rings. The van der Waals surface area contributed by atoms with Gasteiger partial charge in [-0.15, -0.1) is 0 Å². The summed E-state index contributed by atoms with van der Waals surface area (Å²) in [6.45, 7) is 3.94. The molecule has 3 heterocycles. The molecule has 0 saturated carbocycles. The second-order valence-electron chi connectivity index (χ2n) is 9.18. The van der Waals surface area contributed by atoms with Crippen molar-refractivity contribution in [2.24, 2.45) is 0 Å². The zero-order chi connectivity index (χ0) is 25.1. The van der Waals surface area contributed by atoms with Crippen LogP contribution in [0, 0.1) is 6.92 Å². The molecule has 1 aromatic heterocycles. The number of fused-ring (bicyclic) bond motifs is 2. The lowest BCUT2D eigenvalue weighted by Gasteiger charge is -2.23. The van der Waals surface area contributed by atoms with E-state index < -0.39 is 17.7 Å². The van der Waals surface area contributed by atoms with Gasteiger partial charge < -0.3 is 14.9 Å². The van der Waals surface area contributed by atoms with Crippen molar-refractivity contribution in [2.75, 3.05) is 4.90 Å². The van der Waals surface area contributed by atoms with Gasteiger partial charge in [-0.1, -0.05) is 29.5 Å². The lowest BCUT2D eigenvalue weighted by Crippen LogP contribution is -2.29. The smallest absolute Gasteiger partial charge is 0.301 e. The highest BCUT2D eigenvalue weighted by atomic mass is 32.1. The number of carbonyl (C=O) groups excluding carboxylic acids is 2. The Hall–Kier alpha value is -4.17. The van der Waals surface area contributed by atoms with E-state index in [0.29, 0.717) is 22.7 Å². The molecule has 0 aliphatic carbocycles. The van der Waals surface area contributed by atoms with Crippen LogP contribution in [-0.4, -0.2) is 33.0 Å². The maximum absolute atomic E-state index is 13.4. The van der Waals surface area contributed by atoms with Gasteiger partial charge in [0.2, 0.25) is 0 Å². The molecule has 8 heteroatoms. The number of anilines is 1. The van der Waals surface area contributed by atoms with E-state index in [1.54, 1.807) is 30.3 Å². The summed E-state index contributed by atoms with van der Waals surface area (Å²) in [5, 5.41) is 21.6. The van der Waals surface area contributed by atoms with E-state index in [1.807, 2.05) is 32.0 Å². The van der Waals surface area contributed by atoms with Crippen molar-refractivity contribution >= 4 is 44.1 Å². The van der Waals surface area contributed by atoms with Crippen LogP contribution in [0.2, 0.25) is 0 Å². The van der Waals surface area contributed by atoms with Crippen molar-refractivity contribution in [1.29, 1.82) is 0 Å². The third-order valence-electron chi connectivity index (χ3n) is 6.56. The fraction of sp³-hybridized carbons (Fsp3) is 0.179. The van der Waals surface area contributed by atoms with Gasteiger partial charge in [-0.2, -0.15) is 0 Å². The van der Waals surface area contributed by atoms with Gasteiger partial charge in [0, 0.05) is 12.0 Å². The first kappa shape index (κ1) is 22.3. The molecule has 3 aromatic carbocycles. The van der Waals surface area contributed by atoms with Crippen molar-refractivity contribution in [3.8, 4) is 11.5 Å². The number of phenolic OH excluding ortho intramolecular Hbond substituents is 1. The van der Waals surface area contributed by atoms with Crippen LogP contribution in [0.3, 0.4) is 0 Å².